The zero-order valence-corrected chi connectivity index (χ0v) is 17.4. The minimum atomic E-state index is -0.302. The normalized spacial score (nSPS) is 10.6. The number of hydrogen-bond acceptors (Lipinski definition) is 3. The van der Waals surface area contributed by atoms with Gasteiger partial charge in [0.2, 0.25) is 5.91 Å². The lowest BCUT2D eigenvalue weighted by atomic mass is 9.99. The Balaban J connectivity index is 0.00000289. The molecule has 0 spiro atoms. The van der Waals surface area contributed by atoms with E-state index in [4.69, 9.17) is 4.74 Å². The van der Waals surface area contributed by atoms with Crippen LogP contribution in [0.4, 0.5) is 5.69 Å². The Hall–Kier alpha value is -4.12. The molecule has 1 amide bonds. The van der Waals surface area contributed by atoms with E-state index in [1.54, 1.807) is 23.9 Å². The molecule has 1 N–H and O–H groups in total. The van der Waals surface area contributed by atoms with Crippen LogP contribution in [0.3, 0.4) is 0 Å². The first-order valence-electron chi connectivity index (χ1n) is 9.87. The van der Waals surface area contributed by atoms with Crippen LogP contribution in [0, 0.1) is 6.92 Å². The van der Waals surface area contributed by atoms with Gasteiger partial charge in [0.15, 0.2) is 0 Å². The predicted molar refractivity (Wildman–Crippen MR) is 127 cm³/mol. The summed E-state index contributed by atoms with van der Waals surface area (Å²) < 4.78 is 7.76. The Morgan fingerprint density at radius 2 is 1.74 bits per heavy atom. The quantitative estimate of drug-likeness (QED) is 0.429. The number of nitrogens with one attached hydrogen (secondary N) is 1. The molecule has 1 heterocycles. The van der Waals surface area contributed by atoms with Gasteiger partial charge in [-0.1, -0.05) is 42.5 Å². The van der Waals surface area contributed by atoms with E-state index in [1.807, 2.05) is 67.6 Å². The number of hydrogen-bond donors (Lipinski definition) is 1. The molecule has 4 aromatic rings. The van der Waals surface area contributed by atoms with Crippen LogP contribution in [0.5, 0.6) is 11.5 Å². The summed E-state index contributed by atoms with van der Waals surface area (Å²) in [6.45, 7) is 5.52. The fourth-order valence-corrected chi connectivity index (χ4v) is 3.46. The number of anilines is 1. The first-order chi connectivity index (χ1) is 15.0. The molecule has 5 nitrogen and oxygen atoms in total. The summed E-state index contributed by atoms with van der Waals surface area (Å²) in [4.78, 5) is 24.5. The van der Waals surface area contributed by atoms with Gasteiger partial charge in [-0.25, -0.2) is 0 Å². The van der Waals surface area contributed by atoms with E-state index in [9.17, 15) is 9.59 Å². The van der Waals surface area contributed by atoms with Gasteiger partial charge in [-0.15, -0.1) is 0 Å². The average molecular weight is 412 g/mol. The topological polar surface area (TPSA) is 60.3 Å². The van der Waals surface area contributed by atoms with Gasteiger partial charge in [-0.3, -0.25) is 9.59 Å². The number of carbonyl (C=O) groups excluding carboxylic acids is 1. The molecule has 0 aliphatic heterocycles. The summed E-state index contributed by atoms with van der Waals surface area (Å²) in [5, 5.41) is 4.22. The molecule has 0 saturated carbocycles. The van der Waals surface area contributed by atoms with E-state index in [0.29, 0.717) is 22.6 Å². The SMILES string of the molecule is C=CC(=O)Nc1ccc(Oc2ccc(C)cc2)c(-c2cn(C)c(=O)c3ccccc23)c1.[HH]. The van der Waals surface area contributed by atoms with Gasteiger partial charge in [-0.2, -0.15) is 0 Å². The maximum atomic E-state index is 12.6. The Kier molecular flexibility index (Phi) is 5.41. The molecule has 4 rings (SSSR count). The van der Waals surface area contributed by atoms with E-state index in [-0.39, 0.29) is 12.9 Å². The highest BCUT2D eigenvalue weighted by atomic mass is 16.5. The summed E-state index contributed by atoms with van der Waals surface area (Å²) >= 11 is 0. The molecule has 0 fully saturated rings. The molecule has 3 aromatic carbocycles. The van der Waals surface area contributed by atoms with Crippen LogP contribution in [-0.4, -0.2) is 10.5 Å². The van der Waals surface area contributed by atoms with Crippen molar-refractivity contribution in [2.45, 2.75) is 6.92 Å². The monoisotopic (exact) mass is 412 g/mol. The van der Waals surface area contributed by atoms with Crippen LogP contribution >= 0.6 is 0 Å². The Labute approximate surface area is 181 Å². The van der Waals surface area contributed by atoms with Crippen molar-refractivity contribution in [1.29, 1.82) is 0 Å². The molecule has 5 heteroatoms. The second-order valence-electron chi connectivity index (χ2n) is 7.32. The molecule has 0 aliphatic rings. The Morgan fingerprint density at radius 3 is 2.45 bits per heavy atom. The van der Waals surface area contributed by atoms with Gasteiger partial charge in [0.05, 0.1) is 0 Å². The highest BCUT2D eigenvalue weighted by Crippen LogP contribution is 2.38. The summed E-state index contributed by atoms with van der Waals surface area (Å²) in [5.74, 6) is 1.01. The number of fused-ring (bicyclic) bond motifs is 1. The minimum absolute atomic E-state index is 0. The van der Waals surface area contributed by atoms with Crippen LogP contribution in [0.2, 0.25) is 0 Å². The zero-order valence-electron chi connectivity index (χ0n) is 17.4. The van der Waals surface area contributed by atoms with Crippen molar-refractivity contribution in [3.05, 3.63) is 101 Å². The highest BCUT2D eigenvalue weighted by molar-refractivity contribution is 6.01. The molecule has 0 atom stereocenters. The van der Waals surface area contributed by atoms with Gasteiger partial charge < -0.3 is 14.6 Å². The second kappa shape index (κ2) is 8.32. The van der Waals surface area contributed by atoms with Gasteiger partial charge in [-0.05, 0) is 54.8 Å². The van der Waals surface area contributed by atoms with E-state index < -0.39 is 0 Å². The number of rotatable bonds is 5. The Morgan fingerprint density at radius 1 is 1.03 bits per heavy atom. The third-order valence-corrected chi connectivity index (χ3v) is 5.06. The second-order valence-corrected chi connectivity index (χ2v) is 7.32. The van der Waals surface area contributed by atoms with Gasteiger partial charge in [0.1, 0.15) is 11.5 Å². The maximum absolute atomic E-state index is 12.6. The minimum Gasteiger partial charge on any atom is -0.457 e. The molecule has 31 heavy (non-hydrogen) atoms. The van der Waals surface area contributed by atoms with Crippen molar-refractivity contribution >= 4 is 22.4 Å². The van der Waals surface area contributed by atoms with E-state index in [1.165, 1.54) is 6.08 Å². The summed E-state index contributed by atoms with van der Waals surface area (Å²) in [7, 11) is 1.72. The van der Waals surface area contributed by atoms with Crippen LogP contribution in [0.15, 0.2) is 90.4 Å². The van der Waals surface area contributed by atoms with Crippen molar-refractivity contribution in [2.75, 3.05) is 5.32 Å². The van der Waals surface area contributed by atoms with Crippen molar-refractivity contribution in [3.63, 3.8) is 0 Å². The Bertz CT molecular complexity index is 1360. The average Bonchev–Trinajstić information content (AvgIpc) is 2.78. The first-order valence-corrected chi connectivity index (χ1v) is 9.87. The molecular formula is C26H24N2O3. The standard InChI is InChI=1S/C26H22N2O3.H2/c1-4-25(29)27-18-11-14-24(31-19-12-9-17(2)10-13-19)22(15-18)23-16-28(3)26(30)21-8-6-5-7-20(21)23;/h4-16H,1H2,2-3H3,(H,27,29);1H. The molecule has 0 radical (unpaired) electrons. The predicted octanol–water partition coefficient (Wildman–Crippen LogP) is 5.68. The first kappa shape index (κ1) is 20.2. The molecule has 1 aromatic heterocycles. The molecule has 0 saturated heterocycles. The molecular weight excluding hydrogens is 388 g/mol. The van der Waals surface area contributed by atoms with Crippen molar-refractivity contribution in [3.8, 4) is 22.6 Å². The fraction of sp³-hybridized carbons (Fsp3) is 0.0769. The maximum Gasteiger partial charge on any atom is 0.258 e. The van der Waals surface area contributed by atoms with Crippen LogP contribution in [0.25, 0.3) is 21.9 Å². The fourth-order valence-electron chi connectivity index (χ4n) is 3.46. The number of pyridine rings is 1. The molecule has 0 bridgehead atoms. The van der Waals surface area contributed by atoms with Crippen LogP contribution in [0.1, 0.15) is 6.99 Å². The zero-order chi connectivity index (χ0) is 22.0. The largest absolute Gasteiger partial charge is 0.457 e. The van der Waals surface area contributed by atoms with Gasteiger partial charge in [0, 0.05) is 36.9 Å². The molecule has 0 aliphatic carbocycles. The van der Waals surface area contributed by atoms with Crippen molar-refractivity contribution < 1.29 is 11.0 Å². The number of carbonyl (C=O) groups is 1. The highest BCUT2D eigenvalue weighted by Gasteiger charge is 2.15. The summed E-state index contributed by atoms with van der Waals surface area (Å²) in [6.07, 6.45) is 3.01. The van der Waals surface area contributed by atoms with Gasteiger partial charge in [0.25, 0.3) is 5.56 Å². The van der Waals surface area contributed by atoms with Crippen molar-refractivity contribution in [2.24, 2.45) is 7.05 Å². The number of nitrogens with zero attached hydrogens (tertiary/aromatic N) is 1. The number of benzene rings is 3. The number of aryl methyl sites for hydroxylation is 2. The van der Waals surface area contributed by atoms with E-state index >= 15 is 0 Å². The van der Waals surface area contributed by atoms with Gasteiger partial charge >= 0.3 is 0 Å². The van der Waals surface area contributed by atoms with Crippen molar-refractivity contribution in [1.82, 2.24) is 4.57 Å². The smallest absolute Gasteiger partial charge is 0.258 e. The number of aromatic nitrogens is 1. The number of amides is 1. The van der Waals surface area contributed by atoms with Crippen LogP contribution < -0.4 is 15.6 Å². The third-order valence-electron chi connectivity index (χ3n) is 5.06. The molecule has 0 unspecified atom stereocenters. The summed E-state index contributed by atoms with van der Waals surface area (Å²) in [6, 6.07) is 20.7. The lowest BCUT2D eigenvalue weighted by Crippen LogP contribution is -2.16. The van der Waals surface area contributed by atoms with E-state index in [0.717, 1.165) is 22.1 Å². The number of ether oxygens (including phenoxy) is 1. The lowest BCUT2D eigenvalue weighted by molar-refractivity contribution is -0.111. The van der Waals surface area contributed by atoms with Crippen LogP contribution in [-0.2, 0) is 11.8 Å². The van der Waals surface area contributed by atoms with E-state index in [2.05, 4.69) is 11.9 Å². The third kappa shape index (κ3) is 4.12. The lowest BCUT2D eigenvalue weighted by Gasteiger charge is -2.16. The summed E-state index contributed by atoms with van der Waals surface area (Å²) in [5.41, 5.74) is 3.26. The molecule has 156 valence electrons.